The fourth-order valence-electron chi connectivity index (χ4n) is 2.98. The van der Waals surface area contributed by atoms with Crippen LogP contribution in [0.1, 0.15) is 32.6 Å². The SMILES string of the molecule is CC1CCCC(Sc2c(F)cc(N)c3cccnc23)C1. The van der Waals surface area contributed by atoms with E-state index in [4.69, 9.17) is 5.73 Å². The van der Waals surface area contributed by atoms with E-state index in [0.717, 1.165) is 24.1 Å². The molecule has 3 rings (SSSR count). The van der Waals surface area contributed by atoms with Crippen molar-refractivity contribution in [1.82, 2.24) is 4.98 Å². The van der Waals surface area contributed by atoms with Gasteiger partial charge in [0.2, 0.25) is 0 Å². The summed E-state index contributed by atoms with van der Waals surface area (Å²) in [6.07, 6.45) is 6.55. The number of halogens is 1. The Morgan fingerprint density at radius 3 is 3.05 bits per heavy atom. The van der Waals surface area contributed by atoms with Gasteiger partial charge in [0, 0.05) is 22.5 Å². The van der Waals surface area contributed by atoms with Gasteiger partial charge in [-0.1, -0.05) is 19.8 Å². The highest BCUT2D eigenvalue weighted by Gasteiger charge is 2.23. The van der Waals surface area contributed by atoms with Gasteiger partial charge in [0.1, 0.15) is 5.82 Å². The third-order valence-electron chi connectivity index (χ3n) is 4.01. The van der Waals surface area contributed by atoms with Crippen LogP contribution in [-0.4, -0.2) is 10.2 Å². The lowest BCUT2D eigenvalue weighted by Gasteiger charge is -2.26. The molecule has 0 bridgehead atoms. The number of nitrogen functional groups attached to an aromatic ring is 1. The molecule has 2 atom stereocenters. The molecule has 106 valence electrons. The predicted molar refractivity (Wildman–Crippen MR) is 83.4 cm³/mol. The minimum absolute atomic E-state index is 0.239. The molecule has 1 fully saturated rings. The van der Waals surface area contributed by atoms with Gasteiger partial charge in [0.05, 0.1) is 10.4 Å². The van der Waals surface area contributed by atoms with Gasteiger partial charge in [-0.05, 0) is 37.0 Å². The molecular formula is C16H19FN2S. The molecule has 1 heterocycles. The number of benzene rings is 1. The van der Waals surface area contributed by atoms with Crippen molar-refractivity contribution < 1.29 is 4.39 Å². The second-order valence-corrected chi connectivity index (χ2v) is 7.00. The summed E-state index contributed by atoms with van der Waals surface area (Å²) in [5.41, 5.74) is 7.06. The maximum absolute atomic E-state index is 14.3. The summed E-state index contributed by atoms with van der Waals surface area (Å²) in [4.78, 5) is 5.01. The van der Waals surface area contributed by atoms with E-state index in [1.165, 1.54) is 18.9 Å². The van der Waals surface area contributed by atoms with E-state index in [-0.39, 0.29) is 5.82 Å². The molecule has 1 aromatic carbocycles. The first-order valence-corrected chi connectivity index (χ1v) is 8.02. The van der Waals surface area contributed by atoms with Crippen LogP contribution in [0, 0.1) is 11.7 Å². The lowest BCUT2D eigenvalue weighted by molar-refractivity contribution is 0.394. The minimum atomic E-state index is -0.239. The summed E-state index contributed by atoms with van der Waals surface area (Å²) < 4.78 is 14.3. The summed E-state index contributed by atoms with van der Waals surface area (Å²) in [5, 5.41) is 1.34. The third kappa shape index (κ3) is 2.62. The molecule has 1 aliphatic carbocycles. The molecule has 2 N–H and O–H groups in total. The number of aromatic nitrogens is 1. The molecule has 1 aromatic heterocycles. The minimum Gasteiger partial charge on any atom is -0.398 e. The fourth-order valence-corrected chi connectivity index (χ4v) is 4.46. The molecule has 0 amide bonds. The summed E-state index contributed by atoms with van der Waals surface area (Å²) in [6.45, 7) is 2.28. The fraction of sp³-hybridized carbons (Fsp3) is 0.438. The average Bonchev–Trinajstić information content (AvgIpc) is 2.43. The Bertz CT molecular complexity index is 629. The van der Waals surface area contributed by atoms with Crippen LogP contribution >= 0.6 is 11.8 Å². The van der Waals surface area contributed by atoms with Crippen molar-refractivity contribution in [1.29, 1.82) is 0 Å². The number of rotatable bonds is 2. The van der Waals surface area contributed by atoms with Crippen LogP contribution < -0.4 is 5.73 Å². The Morgan fingerprint density at radius 1 is 1.40 bits per heavy atom. The van der Waals surface area contributed by atoms with E-state index in [1.54, 1.807) is 18.0 Å². The van der Waals surface area contributed by atoms with Crippen LogP contribution in [0.5, 0.6) is 0 Å². The molecule has 4 heteroatoms. The van der Waals surface area contributed by atoms with Crippen molar-refractivity contribution in [2.45, 2.75) is 42.8 Å². The Labute approximate surface area is 123 Å². The van der Waals surface area contributed by atoms with Crippen LogP contribution in [0.15, 0.2) is 29.3 Å². The summed E-state index contributed by atoms with van der Waals surface area (Å²) in [5.74, 6) is 0.495. The van der Waals surface area contributed by atoms with Gasteiger partial charge in [-0.15, -0.1) is 11.8 Å². The summed E-state index contributed by atoms with van der Waals surface area (Å²) in [6, 6.07) is 5.18. The standard InChI is InChI=1S/C16H19FN2S/c1-10-4-2-5-11(8-10)20-16-13(17)9-14(18)12-6-3-7-19-15(12)16/h3,6-7,9-11H,2,4-5,8,18H2,1H3. The maximum Gasteiger partial charge on any atom is 0.141 e. The first-order chi connectivity index (χ1) is 9.65. The van der Waals surface area contributed by atoms with Crippen LogP contribution in [0.3, 0.4) is 0 Å². The van der Waals surface area contributed by atoms with Gasteiger partial charge in [-0.25, -0.2) is 4.39 Å². The molecule has 0 saturated heterocycles. The first kappa shape index (κ1) is 13.7. The third-order valence-corrected chi connectivity index (χ3v) is 5.39. The lowest BCUT2D eigenvalue weighted by atomic mass is 9.91. The van der Waals surface area contributed by atoms with E-state index < -0.39 is 0 Å². The van der Waals surface area contributed by atoms with Crippen LogP contribution in [0.25, 0.3) is 10.9 Å². The normalized spacial score (nSPS) is 23.1. The Balaban J connectivity index is 1.98. The van der Waals surface area contributed by atoms with Crippen molar-refractivity contribution >= 4 is 28.4 Å². The quantitative estimate of drug-likeness (QED) is 0.820. The van der Waals surface area contributed by atoms with Gasteiger partial charge in [0.15, 0.2) is 0 Å². The van der Waals surface area contributed by atoms with Gasteiger partial charge in [-0.2, -0.15) is 0 Å². The molecule has 20 heavy (non-hydrogen) atoms. The number of hydrogen-bond donors (Lipinski definition) is 1. The summed E-state index contributed by atoms with van der Waals surface area (Å²) >= 11 is 1.64. The molecule has 2 nitrogen and oxygen atoms in total. The van der Waals surface area contributed by atoms with E-state index >= 15 is 0 Å². The van der Waals surface area contributed by atoms with Gasteiger partial charge in [-0.3, -0.25) is 4.98 Å². The Morgan fingerprint density at radius 2 is 2.25 bits per heavy atom. The van der Waals surface area contributed by atoms with E-state index in [0.29, 0.717) is 21.3 Å². The zero-order valence-corrected chi connectivity index (χ0v) is 12.4. The number of hydrogen-bond acceptors (Lipinski definition) is 3. The van der Waals surface area contributed by atoms with Crippen molar-refractivity contribution in [3.05, 3.63) is 30.2 Å². The Hall–Kier alpha value is -1.29. The first-order valence-electron chi connectivity index (χ1n) is 7.14. The highest BCUT2D eigenvalue weighted by molar-refractivity contribution is 8.00. The summed E-state index contributed by atoms with van der Waals surface area (Å²) in [7, 11) is 0. The van der Waals surface area contributed by atoms with Crippen molar-refractivity contribution in [3.63, 3.8) is 0 Å². The predicted octanol–water partition coefficient (Wildman–Crippen LogP) is 4.63. The average molecular weight is 290 g/mol. The second-order valence-electron chi connectivity index (χ2n) is 5.69. The Kier molecular flexibility index (Phi) is 3.83. The molecule has 2 unspecified atom stereocenters. The number of anilines is 1. The largest absolute Gasteiger partial charge is 0.398 e. The molecule has 1 aliphatic rings. The van der Waals surface area contributed by atoms with E-state index in [2.05, 4.69) is 11.9 Å². The smallest absolute Gasteiger partial charge is 0.141 e. The molecular weight excluding hydrogens is 271 g/mol. The highest BCUT2D eigenvalue weighted by atomic mass is 32.2. The van der Waals surface area contributed by atoms with Crippen molar-refractivity contribution in [3.8, 4) is 0 Å². The molecule has 1 saturated carbocycles. The zero-order valence-electron chi connectivity index (χ0n) is 11.6. The van der Waals surface area contributed by atoms with Gasteiger partial charge in [0.25, 0.3) is 0 Å². The van der Waals surface area contributed by atoms with Crippen molar-refractivity contribution in [2.75, 3.05) is 5.73 Å². The molecule has 0 aliphatic heterocycles. The molecule has 0 radical (unpaired) electrons. The molecule has 0 spiro atoms. The lowest BCUT2D eigenvalue weighted by Crippen LogP contribution is -2.15. The number of thioether (sulfide) groups is 1. The van der Waals surface area contributed by atoms with Gasteiger partial charge >= 0.3 is 0 Å². The zero-order chi connectivity index (χ0) is 14.1. The van der Waals surface area contributed by atoms with Crippen LogP contribution in [0.4, 0.5) is 10.1 Å². The number of fused-ring (bicyclic) bond motifs is 1. The number of nitrogens with zero attached hydrogens (tertiary/aromatic N) is 1. The maximum atomic E-state index is 14.3. The number of pyridine rings is 1. The van der Waals surface area contributed by atoms with E-state index in [1.807, 2.05) is 12.1 Å². The van der Waals surface area contributed by atoms with Crippen molar-refractivity contribution in [2.24, 2.45) is 5.92 Å². The van der Waals surface area contributed by atoms with Crippen LogP contribution in [0.2, 0.25) is 0 Å². The monoisotopic (exact) mass is 290 g/mol. The topological polar surface area (TPSA) is 38.9 Å². The van der Waals surface area contributed by atoms with Gasteiger partial charge < -0.3 is 5.73 Å². The van der Waals surface area contributed by atoms with Crippen LogP contribution in [-0.2, 0) is 0 Å². The second kappa shape index (κ2) is 5.60. The highest BCUT2D eigenvalue weighted by Crippen LogP contribution is 2.40. The van der Waals surface area contributed by atoms with E-state index in [9.17, 15) is 4.39 Å². The molecule has 2 aromatic rings. The number of nitrogens with two attached hydrogens (primary N) is 1.